The summed E-state index contributed by atoms with van der Waals surface area (Å²) < 4.78 is 0. The van der Waals surface area contributed by atoms with Gasteiger partial charge in [0.2, 0.25) is 5.95 Å². The Labute approximate surface area is 90.9 Å². The number of rotatable bonds is 2. The summed E-state index contributed by atoms with van der Waals surface area (Å²) in [4.78, 5) is 21.2. The molecule has 0 atom stereocenters. The molecule has 2 aromatic rings. The molecule has 0 saturated heterocycles. The first-order chi connectivity index (χ1) is 7.15. The molecule has 15 heavy (non-hydrogen) atoms. The van der Waals surface area contributed by atoms with Gasteiger partial charge in [0.1, 0.15) is 5.69 Å². The Balaban J connectivity index is 2.10. The van der Waals surface area contributed by atoms with Gasteiger partial charge in [-0.15, -0.1) is 0 Å². The van der Waals surface area contributed by atoms with Crippen LogP contribution in [0.4, 0.5) is 5.95 Å². The Morgan fingerprint density at radius 3 is 2.93 bits per heavy atom. The number of hydrogen-bond acceptors (Lipinski definition) is 2. The summed E-state index contributed by atoms with van der Waals surface area (Å²) in [7, 11) is 0. The minimum Gasteiger partial charge on any atom is -0.356 e. The van der Waals surface area contributed by atoms with Gasteiger partial charge in [-0.1, -0.05) is 11.6 Å². The number of imidazole rings is 1. The van der Waals surface area contributed by atoms with Crippen molar-refractivity contribution in [2.75, 3.05) is 5.32 Å². The van der Waals surface area contributed by atoms with Crippen molar-refractivity contribution in [3.8, 4) is 0 Å². The summed E-state index contributed by atoms with van der Waals surface area (Å²) in [5.74, 6) is 0.138. The fraction of sp³-hybridized carbons (Fsp3) is 0.111. The van der Waals surface area contributed by atoms with Crippen molar-refractivity contribution in [1.29, 1.82) is 0 Å². The predicted octanol–water partition coefficient (Wildman–Crippen LogP) is 1.95. The third-order valence-corrected chi connectivity index (χ3v) is 2.05. The summed E-state index contributed by atoms with van der Waals surface area (Å²) in [6, 6.07) is 1.55. The molecule has 0 unspecified atom stereocenters. The minimum atomic E-state index is -0.281. The Morgan fingerprint density at radius 2 is 2.40 bits per heavy atom. The maximum Gasteiger partial charge on any atom is 0.274 e. The zero-order valence-electron chi connectivity index (χ0n) is 7.97. The van der Waals surface area contributed by atoms with Crippen LogP contribution in [0.25, 0.3) is 0 Å². The van der Waals surface area contributed by atoms with Crippen molar-refractivity contribution in [2.24, 2.45) is 0 Å². The molecule has 0 aliphatic carbocycles. The highest BCUT2D eigenvalue weighted by molar-refractivity contribution is 6.31. The van der Waals surface area contributed by atoms with Crippen LogP contribution >= 0.6 is 11.6 Å². The van der Waals surface area contributed by atoms with Gasteiger partial charge in [-0.25, -0.2) is 4.98 Å². The SMILES string of the molecule is Cc1cnc(NC(=O)c2cc(Cl)c[nH]2)[nH]1. The van der Waals surface area contributed by atoms with Gasteiger partial charge in [0, 0.05) is 18.1 Å². The summed E-state index contributed by atoms with van der Waals surface area (Å²) in [5.41, 5.74) is 1.28. The zero-order valence-corrected chi connectivity index (χ0v) is 8.72. The van der Waals surface area contributed by atoms with Gasteiger partial charge < -0.3 is 9.97 Å². The highest BCUT2D eigenvalue weighted by Crippen LogP contribution is 2.10. The zero-order chi connectivity index (χ0) is 10.8. The topological polar surface area (TPSA) is 73.6 Å². The first kappa shape index (κ1) is 9.79. The maximum atomic E-state index is 11.6. The van der Waals surface area contributed by atoms with E-state index in [1.807, 2.05) is 6.92 Å². The molecule has 78 valence electrons. The van der Waals surface area contributed by atoms with Crippen LogP contribution in [0.1, 0.15) is 16.2 Å². The Hall–Kier alpha value is -1.75. The number of aromatic amines is 2. The van der Waals surface area contributed by atoms with Gasteiger partial charge >= 0.3 is 0 Å². The van der Waals surface area contributed by atoms with Crippen LogP contribution in [-0.2, 0) is 0 Å². The molecule has 0 aromatic carbocycles. The molecular formula is C9H9ClN4O. The molecule has 0 fully saturated rings. The van der Waals surface area contributed by atoms with E-state index in [4.69, 9.17) is 11.6 Å². The maximum absolute atomic E-state index is 11.6. The van der Waals surface area contributed by atoms with Crippen molar-refractivity contribution in [3.63, 3.8) is 0 Å². The first-order valence-electron chi connectivity index (χ1n) is 4.32. The van der Waals surface area contributed by atoms with E-state index in [-0.39, 0.29) is 5.91 Å². The van der Waals surface area contributed by atoms with Crippen LogP contribution in [0.2, 0.25) is 5.02 Å². The van der Waals surface area contributed by atoms with E-state index in [9.17, 15) is 4.79 Å². The van der Waals surface area contributed by atoms with E-state index in [1.165, 1.54) is 0 Å². The van der Waals surface area contributed by atoms with Crippen molar-refractivity contribution >= 4 is 23.5 Å². The Morgan fingerprint density at radius 1 is 1.60 bits per heavy atom. The molecule has 3 N–H and O–H groups in total. The van der Waals surface area contributed by atoms with Crippen LogP contribution < -0.4 is 5.32 Å². The lowest BCUT2D eigenvalue weighted by Gasteiger charge is -1.98. The van der Waals surface area contributed by atoms with E-state index < -0.39 is 0 Å². The molecular weight excluding hydrogens is 216 g/mol. The molecule has 2 heterocycles. The Bertz CT molecular complexity index is 488. The number of nitrogens with zero attached hydrogens (tertiary/aromatic N) is 1. The smallest absolute Gasteiger partial charge is 0.274 e. The summed E-state index contributed by atoms with van der Waals surface area (Å²) in [6.07, 6.45) is 3.18. The van der Waals surface area contributed by atoms with Crippen LogP contribution in [0, 0.1) is 6.92 Å². The molecule has 5 nitrogen and oxygen atoms in total. The quantitative estimate of drug-likeness (QED) is 0.730. The number of aromatic nitrogens is 3. The molecule has 6 heteroatoms. The molecule has 2 rings (SSSR count). The van der Waals surface area contributed by atoms with E-state index in [0.29, 0.717) is 16.7 Å². The largest absolute Gasteiger partial charge is 0.356 e. The number of H-pyrrole nitrogens is 2. The number of amides is 1. The van der Waals surface area contributed by atoms with Crippen molar-refractivity contribution in [3.05, 3.63) is 34.9 Å². The molecule has 0 spiro atoms. The van der Waals surface area contributed by atoms with Crippen LogP contribution in [0.15, 0.2) is 18.5 Å². The van der Waals surface area contributed by atoms with Crippen molar-refractivity contribution in [2.45, 2.75) is 6.92 Å². The van der Waals surface area contributed by atoms with E-state index in [1.54, 1.807) is 18.5 Å². The molecule has 0 aliphatic heterocycles. The van der Waals surface area contributed by atoms with Gasteiger partial charge in [-0.05, 0) is 13.0 Å². The van der Waals surface area contributed by atoms with Crippen LogP contribution in [-0.4, -0.2) is 20.9 Å². The lowest BCUT2D eigenvalue weighted by atomic mass is 10.4. The molecule has 2 aromatic heterocycles. The standard InChI is InChI=1S/C9H9ClN4O/c1-5-3-12-9(13-5)14-8(15)7-2-6(10)4-11-7/h2-4,11H,1H3,(H2,12,13,14,15). The van der Waals surface area contributed by atoms with Gasteiger partial charge in [-0.2, -0.15) is 0 Å². The second-order valence-corrected chi connectivity index (χ2v) is 3.54. The van der Waals surface area contributed by atoms with Gasteiger partial charge in [0.15, 0.2) is 0 Å². The fourth-order valence-corrected chi connectivity index (χ4v) is 1.31. The summed E-state index contributed by atoms with van der Waals surface area (Å²) >= 11 is 5.68. The lowest BCUT2D eigenvalue weighted by Crippen LogP contribution is -2.13. The molecule has 0 radical (unpaired) electrons. The van der Waals surface area contributed by atoms with Crippen molar-refractivity contribution in [1.82, 2.24) is 15.0 Å². The van der Waals surface area contributed by atoms with E-state index in [2.05, 4.69) is 20.3 Å². The number of anilines is 1. The second kappa shape index (κ2) is 3.78. The molecule has 1 amide bonds. The molecule has 0 bridgehead atoms. The number of carbonyl (C=O) groups is 1. The van der Waals surface area contributed by atoms with Crippen LogP contribution in [0.5, 0.6) is 0 Å². The van der Waals surface area contributed by atoms with Gasteiger partial charge in [0.05, 0.1) is 5.02 Å². The highest BCUT2D eigenvalue weighted by Gasteiger charge is 2.09. The van der Waals surface area contributed by atoms with E-state index in [0.717, 1.165) is 5.69 Å². The Kier molecular flexibility index (Phi) is 2.47. The number of carbonyl (C=O) groups excluding carboxylic acids is 1. The first-order valence-corrected chi connectivity index (χ1v) is 4.70. The average Bonchev–Trinajstić information content (AvgIpc) is 2.75. The summed E-state index contributed by atoms with van der Waals surface area (Å²) in [5, 5.41) is 3.09. The highest BCUT2D eigenvalue weighted by atomic mass is 35.5. The normalized spacial score (nSPS) is 10.3. The van der Waals surface area contributed by atoms with E-state index >= 15 is 0 Å². The average molecular weight is 225 g/mol. The third kappa shape index (κ3) is 2.19. The molecule has 0 aliphatic rings. The minimum absolute atomic E-state index is 0.281. The number of halogens is 1. The predicted molar refractivity (Wildman–Crippen MR) is 57.1 cm³/mol. The fourth-order valence-electron chi connectivity index (χ4n) is 1.15. The van der Waals surface area contributed by atoms with Crippen molar-refractivity contribution < 1.29 is 4.79 Å². The number of nitrogens with one attached hydrogen (secondary N) is 3. The summed E-state index contributed by atoms with van der Waals surface area (Å²) in [6.45, 7) is 1.86. The molecule has 0 saturated carbocycles. The third-order valence-electron chi connectivity index (χ3n) is 1.83. The van der Waals surface area contributed by atoms with Gasteiger partial charge in [-0.3, -0.25) is 10.1 Å². The lowest BCUT2D eigenvalue weighted by molar-refractivity contribution is 0.102. The second-order valence-electron chi connectivity index (χ2n) is 3.10. The number of hydrogen-bond donors (Lipinski definition) is 3. The van der Waals surface area contributed by atoms with Gasteiger partial charge in [0.25, 0.3) is 5.91 Å². The monoisotopic (exact) mass is 224 g/mol. The van der Waals surface area contributed by atoms with Crippen LogP contribution in [0.3, 0.4) is 0 Å². The number of aryl methyl sites for hydroxylation is 1.